The molecule has 0 spiro atoms. The van der Waals surface area contributed by atoms with Crippen molar-refractivity contribution in [2.24, 2.45) is 5.92 Å². The number of nitrogens with zero attached hydrogens (tertiary/aromatic N) is 1. The number of morpholine rings is 1. The summed E-state index contributed by atoms with van der Waals surface area (Å²) in [6.07, 6.45) is 1.54. The molecule has 5 nitrogen and oxygen atoms in total. The molecule has 5 heteroatoms. The van der Waals surface area contributed by atoms with Gasteiger partial charge in [0.05, 0.1) is 31.3 Å². The number of rotatable bonds is 3. The number of hydrogen-bond acceptors (Lipinski definition) is 4. The average Bonchev–Trinajstić information content (AvgIpc) is 2.86. The van der Waals surface area contributed by atoms with Crippen LogP contribution in [0.15, 0.2) is 0 Å². The number of carbonyl (C=O) groups is 1. The molecular weight excluding hydrogens is 222 g/mol. The first-order chi connectivity index (χ1) is 8.26. The Morgan fingerprint density at radius 2 is 2.24 bits per heavy atom. The molecular formula is C12H21NO4. The van der Waals surface area contributed by atoms with E-state index in [1.54, 1.807) is 0 Å². The summed E-state index contributed by atoms with van der Waals surface area (Å²) in [6, 6.07) is 0. The normalized spacial score (nSPS) is 34.0. The smallest absolute Gasteiger partial charge is 0.228 e. The Balaban J connectivity index is 1.94. The van der Waals surface area contributed by atoms with Gasteiger partial charge in [-0.1, -0.05) is 6.92 Å². The lowest BCUT2D eigenvalue weighted by Gasteiger charge is -2.34. The second-order valence-corrected chi connectivity index (χ2v) is 4.67. The molecule has 0 radical (unpaired) electrons. The highest BCUT2D eigenvalue weighted by Crippen LogP contribution is 2.26. The van der Waals surface area contributed by atoms with Gasteiger partial charge in [-0.2, -0.15) is 0 Å². The van der Waals surface area contributed by atoms with Crippen molar-refractivity contribution in [3.05, 3.63) is 0 Å². The van der Waals surface area contributed by atoms with E-state index in [2.05, 4.69) is 0 Å². The van der Waals surface area contributed by atoms with Gasteiger partial charge in [-0.25, -0.2) is 0 Å². The van der Waals surface area contributed by atoms with Gasteiger partial charge in [0.25, 0.3) is 0 Å². The molecule has 1 N–H and O–H groups in total. The van der Waals surface area contributed by atoms with Crippen LogP contribution in [0.3, 0.4) is 0 Å². The van der Waals surface area contributed by atoms with E-state index < -0.39 is 0 Å². The minimum absolute atomic E-state index is 0.00237. The van der Waals surface area contributed by atoms with Gasteiger partial charge in [0, 0.05) is 19.7 Å². The largest absolute Gasteiger partial charge is 0.394 e. The molecule has 2 saturated heterocycles. The summed E-state index contributed by atoms with van der Waals surface area (Å²) in [7, 11) is 0. The van der Waals surface area contributed by atoms with Gasteiger partial charge in [-0.05, 0) is 12.8 Å². The molecule has 2 fully saturated rings. The molecule has 2 aliphatic rings. The molecule has 0 aliphatic carbocycles. The van der Waals surface area contributed by atoms with Crippen LogP contribution in [0.2, 0.25) is 0 Å². The molecule has 0 saturated carbocycles. The van der Waals surface area contributed by atoms with E-state index in [1.165, 1.54) is 0 Å². The zero-order valence-corrected chi connectivity index (χ0v) is 10.3. The van der Waals surface area contributed by atoms with E-state index in [-0.39, 0.29) is 30.6 Å². The van der Waals surface area contributed by atoms with E-state index in [0.717, 1.165) is 12.8 Å². The summed E-state index contributed by atoms with van der Waals surface area (Å²) < 4.78 is 10.9. The third kappa shape index (κ3) is 2.78. The van der Waals surface area contributed by atoms with E-state index in [9.17, 15) is 4.79 Å². The molecule has 0 bridgehead atoms. The number of hydrogen-bond donors (Lipinski definition) is 1. The third-order valence-electron chi connectivity index (χ3n) is 3.58. The highest BCUT2D eigenvalue weighted by atomic mass is 16.5. The second-order valence-electron chi connectivity index (χ2n) is 4.67. The Kier molecular flexibility index (Phi) is 4.36. The van der Waals surface area contributed by atoms with Crippen LogP contribution in [0, 0.1) is 5.92 Å². The number of carbonyl (C=O) groups excluding carboxylic acids is 1. The quantitative estimate of drug-likeness (QED) is 0.759. The summed E-state index contributed by atoms with van der Waals surface area (Å²) in [5, 5.41) is 9.07. The third-order valence-corrected chi connectivity index (χ3v) is 3.58. The lowest BCUT2D eigenvalue weighted by Crippen LogP contribution is -2.49. The Labute approximate surface area is 102 Å². The SMILES string of the molecule is CCC1OCCC1C(=O)N1CCOC(CO)C1. The summed E-state index contributed by atoms with van der Waals surface area (Å²) >= 11 is 0. The lowest BCUT2D eigenvalue weighted by molar-refractivity contribution is -0.146. The summed E-state index contributed by atoms with van der Waals surface area (Å²) in [4.78, 5) is 14.2. The molecule has 0 aromatic rings. The molecule has 3 unspecified atom stereocenters. The summed E-state index contributed by atoms with van der Waals surface area (Å²) in [5.41, 5.74) is 0. The molecule has 2 rings (SSSR count). The van der Waals surface area contributed by atoms with Crippen LogP contribution in [-0.2, 0) is 14.3 Å². The number of aliphatic hydroxyl groups is 1. The van der Waals surface area contributed by atoms with Gasteiger partial charge in [0.2, 0.25) is 5.91 Å². The number of ether oxygens (including phenoxy) is 2. The van der Waals surface area contributed by atoms with Crippen LogP contribution in [-0.4, -0.2) is 61.0 Å². The maximum absolute atomic E-state index is 12.3. The van der Waals surface area contributed by atoms with Crippen molar-refractivity contribution >= 4 is 5.91 Å². The molecule has 0 aromatic heterocycles. The Hall–Kier alpha value is -0.650. The maximum atomic E-state index is 12.3. The fourth-order valence-electron chi connectivity index (χ4n) is 2.60. The topological polar surface area (TPSA) is 59.0 Å². The second kappa shape index (κ2) is 5.80. The van der Waals surface area contributed by atoms with Crippen LogP contribution in [0.4, 0.5) is 0 Å². The van der Waals surface area contributed by atoms with E-state index in [1.807, 2.05) is 11.8 Å². The first-order valence-corrected chi connectivity index (χ1v) is 6.39. The molecule has 2 aliphatic heterocycles. The molecule has 98 valence electrons. The molecule has 0 aromatic carbocycles. The van der Waals surface area contributed by atoms with Gasteiger partial charge in [-0.3, -0.25) is 4.79 Å². The van der Waals surface area contributed by atoms with Gasteiger partial charge in [-0.15, -0.1) is 0 Å². The van der Waals surface area contributed by atoms with Gasteiger partial charge in [0.15, 0.2) is 0 Å². The molecule has 3 atom stereocenters. The van der Waals surface area contributed by atoms with E-state index in [4.69, 9.17) is 14.6 Å². The van der Waals surface area contributed by atoms with Crippen molar-refractivity contribution < 1.29 is 19.4 Å². The fraction of sp³-hybridized carbons (Fsp3) is 0.917. The van der Waals surface area contributed by atoms with Gasteiger partial charge in [0.1, 0.15) is 0 Å². The Morgan fingerprint density at radius 3 is 2.94 bits per heavy atom. The van der Waals surface area contributed by atoms with Gasteiger partial charge < -0.3 is 19.5 Å². The van der Waals surface area contributed by atoms with Crippen molar-refractivity contribution in [2.45, 2.75) is 32.0 Å². The standard InChI is InChI=1S/C12H21NO4/c1-2-11-10(3-5-17-11)12(15)13-4-6-16-9(7-13)8-14/h9-11,14H,2-8H2,1H3. The average molecular weight is 243 g/mol. The minimum atomic E-state index is -0.227. The zero-order valence-electron chi connectivity index (χ0n) is 10.3. The first kappa shape index (κ1) is 12.8. The van der Waals surface area contributed by atoms with Gasteiger partial charge >= 0.3 is 0 Å². The predicted molar refractivity (Wildman–Crippen MR) is 61.5 cm³/mol. The van der Waals surface area contributed by atoms with Crippen molar-refractivity contribution in [1.82, 2.24) is 4.90 Å². The van der Waals surface area contributed by atoms with Crippen LogP contribution in [0.25, 0.3) is 0 Å². The van der Waals surface area contributed by atoms with Crippen molar-refractivity contribution in [3.8, 4) is 0 Å². The number of aliphatic hydroxyl groups excluding tert-OH is 1. The number of amides is 1. The first-order valence-electron chi connectivity index (χ1n) is 6.39. The summed E-state index contributed by atoms with van der Waals surface area (Å²) in [5.74, 6) is 0.161. The van der Waals surface area contributed by atoms with E-state index in [0.29, 0.717) is 26.3 Å². The molecule has 2 heterocycles. The van der Waals surface area contributed by atoms with Crippen molar-refractivity contribution in [2.75, 3.05) is 32.9 Å². The van der Waals surface area contributed by atoms with Crippen molar-refractivity contribution in [3.63, 3.8) is 0 Å². The van der Waals surface area contributed by atoms with Crippen molar-refractivity contribution in [1.29, 1.82) is 0 Å². The summed E-state index contributed by atoms with van der Waals surface area (Å²) in [6.45, 7) is 4.35. The fourth-order valence-corrected chi connectivity index (χ4v) is 2.60. The lowest BCUT2D eigenvalue weighted by atomic mass is 9.97. The Morgan fingerprint density at radius 1 is 1.41 bits per heavy atom. The minimum Gasteiger partial charge on any atom is -0.394 e. The highest BCUT2D eigenvalue weighted by molar-refractivity contribution is 5.79. The van der Waals surface area contributed by atoms with Crippen LogP contribution in [0.5, 0.6) is 0 Å². The monoisotopic (exact) mass is 243 g/mol. The maximum Gasteiger partial charge on any atom is 0.228 e. The predicted octanol–water partition coefficient (Wildman–Crippen LogP) is 0.0212. The van der Waals surface area contributed by atoms with Crippen LogP contribution < -0.4 is 0 Å². The highest BCUT2D eigenvalue weighted by Gasteiger charge is 2.36. The zero-order chi connectivity index (χ0) is 12.3. The van der Waals surface area contributed by atoms with Crippen LogP contribution >= 0.6 is 0 Å². The van der Waals surface area contributed by atoms with Crippen LogP contribution in [0.1, 0.15) is 19.8 Å². The molecule has 1 amide bonds. The Bertz CT molecular complexity index is 271. The van der Waals surface area contributed by atoms with E-state index >= 15 is 0 Å². The molecule has 17 heavy (non-hydrogen) atoms.